The fraction of sp³-hybridized carbons (Fsp3) is 0.348. The lowest BCUT2D eigenvalue weighted by molar-refractivity contribution is -0.156. The predicted octanol–water partition coefficient (Wildman–Crippen LogP) is 2.98. The molecule has 2 saturated carbocycles. The van der Waals surface area contributed by atoms with Gasteiger partial charge in [-0.2, -0.15) is 0 Å². The van der Waals surface area contributed by atoms with Crippen molar-refractivity contribution < 1.29 is 23.5 Å². The van der Waals surface area contributed by atoms with Crippen molar-refractivity contribution in [2.24, 2.45) is 17.8 Å². The zero-order valence-electron chi connectivity index (χ0n) is 16.3. The topological polar surface area (TPSA) is 76.8 Å². The third-order valence-corrected chi connectivity index (χ3v) is 6.70. The van der Waals surface area contributed by atoms with Crippen LogP contribution in [0.4, 0.5) is 5.69 Å². The number of Topliss-reactive ketones (excluding diaryl/α,β-unsaturated/α-hetero) is 1. The molecule has 0 saturated heterocycles. The number of carbonyl (C=O) groups excluding carboxylic acids is 3. The molecule has 5 rings (SSSR count). The third kappa shape index (κ3) is 2.14. The molecule has 148 valence electrons. The first-order chi connectivity index (χ1) is 14.0. The van der Waals surface area contributed by atoms with E-state index in [-0.39, 0.29) is 24.2 Å². The highest BCUT2D eigenvalue weighted by molar-refractivity contribution is 6.17. The van der Waals surface area contributed by atoms with Crippen LogP contribution in [-0.2, 0) is 24.5 Å². The van der Waals surface area contributed by atoms with E-state index < -0.39 is 23.2 Å². The number of likely N-dealkylation sites (N-methyl/N-ethyl adjacent to an activating group) is 1. The van der Waals surface area contributed by atoms with Gasteiger partial charge in [-0.25, -0.2) is 0 Å². The summed E-state index contributed by atoms with van der Waals surface area (Å²) in [6.45, 7) is 1.95. The normalized spacial score (nSPS) is 31.2. The van der Waals surface area contributed by atoms with Crippen molar-refractivity contribution in [2.45, 2.75) is 18.8 Å². The number of ether oxygens (including phenoxy) is 1. The first kappa shape index (κ1) is 17.9. The van der Waals surface area contributed by atoms with Gasteiger partial charge < -0.3 is 14.1 Å². The number of hydrogen-bond donors (Lipinski definition) is 0. The van der Waals surface area contributed by atoms with Gasteiger partial charge in [0.25, 0.3) is 0 Å². The Balaban J connectivity index is 1.74. The van der Waals surface area contributed by atoms with Gasteiger partial charge in [0.2, 0.25) is 5.91 Å². The van der Waals surface area contributed by atoms with E-state index in [1.165, 1.54) is 0 Å². The standard InChI is InChI=1S/C23H21NO5/c1-3-29-21(26)19-15-11-17(14(20(15)25)10-13-8-9-28-12-13)23(19)16-6-4-5-7-18(16)24(2)22(23)27/h4-10,12,15,17,19H,3,11H2,1-2H3/b14-10+/t15-,17-,19-,23+/m0/s1. The van der Waals surface area contributed by atoms with Crippen LogP contribution in [0.25, 0.3) is 6.08 Å². The molecule has 29 heavy (non-hydrogen) atoms. The molecule has 1 aromatic heterocycles. The summed E-state index contributed by atoms with van der Waals surface area (Å²) in [4.78, 5) is 41.6. The Hall–Kier alpha value is -3.15. The number of nitrogens with zero attached hydrogens (tertiary/aromatic N) is 1. The van der Waals surface area contributed by atoms with E-state index in [9.17, 15) is 14.4 Å². The molecule has 2 aromatic rings. The fourth-order valence-corrected chi connectivity index (χ4v) is 5.67. The Bertz CT molecular complexity index is 1050. The van der Waals surface area contributed by atoms with Crippen molar-refractivity contribution in [1.82, 2.24) is 0 Å². The van der Waals surface area contributed by atoms with E-state index in [0.29, 0.717) is 12.0 Å². The lowest BCUT2D eigenvalue weighted by Crippen LogP contribution is -2.54. The number of esters is 1. The van der Waals surface area contributed by atoms with E-state index in [1.807, 2.05) is 24.3 Å². The lowest BCUT2D eigenvalue weighted by Gasteiger charge is -2.39. The Labute approximate surface area is 168 Å². The number of ketones is 1. The average molecular weight is 391 g/mol. The number of fused-ring (bicyclic) bond motifs is 5. The highest BCUT2D eigenvalue weighted by Gasteiger charge is 2.73. The number of carbonyl (C=O) groups is 3. The predicted molar refractivity (Wildman–Crippen MR) is 105 cm³/mol. The Morgan fingerprint density at radius 3 is 2.83 bits per heavy atom. The minimum Gasteiger partial charge on any atom is -0.472 e. The van der Waals surface area contributed by atoms with Crippen LogP contribution >= 0.6 is 0 Å². The number of hydrogen-bond acceptors (Lipinski definition) is 5. The molecule has 3 aliphatic rings. The van der Waals surface area contributed by atoms with Gasteiger partial charge in [0.05, 0.1) is 30.5 Å². The van der Waals surface area contributed by atoms with Crippen molar-refractivity contribution in [2.75, 3.05) is 18.6 Å². The molecule has 0 radical (unpaired) electrons. The van der Waals surface area contributed by atoms with Crippen LogP contribution in [0.2, 0.25) is 0 Å². The quantitative estimate of drug-likeness (QED) is 0.594. The maximum Gasteiger partial charge on any atom is 0.311 e. The molecule has 2 aliphatic carbocycles. The van der Waals surface area contributed by atoms with Crippen molar-refractivity contribution in [3.05, 3.63) is 59.6 Å². The minimum atomic E-state index is -1.11. The molecule has 0 N–H and O–H groups in total. The van der Waals surface area contributed by atoms with Crippen LogP contribution in [0.5, 0.6) is 0 Å². The maximum absolute atomic E-state index is 13.7. The van der Waals surface area contributed by atoms with E-state index in [4.69, 9.17) is 9.15 Å². The lowest BCUT2D eigenvalue weighted by atomic mass is 9.60. The average Bonchev–Trinajstić information content (AvgIpc) is 3.46. The summed E-state index contributed by atoms with van der Waals surface area (Å²) >= 11 is 0. The SMILES string of the molecule is CCOC(=O)[C@@H]1[C@@H]2C[C@@H](/C(=C\c3ccoc3)C2=O)[C@@]12C(=O)N(C)c1ccccc12. The molecule has 1 aliphatic heterocycles. The van der Waals surface area contributed by atoms with E-state index >= 15 is 0 Å². The van der Waals surface area contributed by atoms with Crippen molar-refractivity contribution in [3.8, 4) is 0 Å². The third-order valence-electron chi connectivity index (χ3n) is 6.70. The number of amides is 1. The molecular weight excluding hydrogens is 370 g/mol. The summed E-state index contributed by atoms with van der Waals surface area (Å²) in [5.41, 5.74) is 1.86. The molecule has 6 heteroatoms. The number of allylic oxidation sites excluding steroid dienone is 1. The van der Waals surface area contributed by atoms with Crippen LogP contribution in [-0.4, -0.2) is 31.3 Å². The Morgan fingerprint density at radius 1 is 1.31 bits per heavy atom. The number of benzene rings is 1. The van der Waals surface area contributed by atoms with Gasteiger partial charge in [-0.05, 0) is 37.1 Å². The van der Waals surface area contributed by atoms with Gasteiger partial charge in [0.1, 0.15) is 0 Å². The molecule has 0 unspecified atom stereocenters. The highest BCUT2D eigenvalue weighted by Crippen LogP contribution is 2.65. The summed E-state index contributed by atoms with van der Waals surface area (Å²) in [5, 5.41) is 0. The van der Waals surface area contributed by atoms with Gasteiger partial charge in [-0.1, -0.05) is 18.2 Å². The zero-order chi connectivity index (χ0) is 20.3. The van der Waals surface area contributed by atoms with Crippen LogP contribution in [0.15, 0.2) is 52.8 Å². The largest absolute Gasteiger partial charge is 0.472 e. The second-order valence-electron chi connectivity index (χ2n) is 7.90. The number of para-hydroxylation sites is 1. The van der Waals surface area contributed by atoms with Crippen LogP contribution in [0, 0.1) is 17.8 Å². The van der Waals surface area contributed by atoms with Crippen LogP contribution in [0.1, 0.15) is 24.5 Å². The van der Waals surface area contributed by atoms with Crippen LogP contribution < -0.4 is 4.90 Å². The van der Waals surface area contributed by atoms with Gasteiger partial charge in [-0.15, -0.1) is 0 Å². The van der Waals surface area contributed by atoms with E-state index in [1.54, 1.807) is 43.5 Å². The first-order valence-electron chi connectivity index (χ1n) is 9.84. The molecule has 2 bridgehead atoms. The fourth-order valence-electron chi connectivity index (χ4n) is 5.67. The van der Waals surface area contributed by atoms with Crippen molar-refractivity contribution >= 4 is 29.4 Å². The van der Waals surface area contributed by atoms with Gasteiger partial charge >= 0.3 is 5.97 Å². The molecule has 1 amide bonds. The summed E-state index contributed by atoms with van der Waals surface area (Å²) in [6.07, 6.45) is 5.39. The number of furan rings is 1. The molecule has 4 atom stereocenters. The summed E-state index contributed by atoms with van der Waals surface area (Å²) in [5.74, 6) is -2.41. The smallest absolute Gasteiger partial charge is 0.311 e. The molecule has 2 fully saturated rings. The second kappa shape index (κ2) is 6.17. The van der Waals surface area contributed by atoms with E-state index in [2.05, 4.69) is 0 Å². The summed E-state index contributed by atoms with van der Waals surface area (Å²) in [7, 11) is 1.73. The summed E-state index contributed by atoms with van der Waals surface area (Å²) < 4.78 is 10.5. The molecule has 1 spiro atoms. The second-order valence-corrected chi connectivity index (χ2v) is 7.90. The molecular formula is C23H21NO5. The first-order valence-corrected chi connectivity index (χ1v) is 9.84. The maximum atomic E-state index is 13.7. The van der Waals surface area contributed by atoms with Gasteiger partial charge in [0, 0.05) is 35.7 Å². The van der Waals surface area contributed by atoms with Gasteiger partial charge in [0.15, 0.2) is 5.78 Å². The molecule has 2 heterocycles. The van der Waals surface area contributed by atoms with E-state index in [0.717, 1.165) is 16.8 Å². The molecule has 6 nitrogen and oxygen atoms in total. The Morgan fingerprint density at radius 2 is 2.10 bits per heavy atom. The van der Waals surface area contributed by atoms with Crippen molar-refractivity contribution in [1.29, 1.82) is 0 Å². The Kier molecular flexibility index (Phi) is 3.81. The monoisotopic (exact) mass is 391 g/mol. The molecule has 1 aromatic carbocycles. The van der Waals surface area contributed by atoms with Crippen LogP contribution in [0.3, 0.4) is 0 Å². The number of rotatable bonds is 3. The highest BCUT2D eigenvalue weighted by atomic mass is 16.5. The summed E-state index contributed by atoms with van der Waals surface area (Å²) in [6, 6.07) is 9.32. The number of anilines is 1. The van der Waals surface area contributed by atoms with Crippen molar-refractivity contribution in [3.63, 3.8) is 0 Å². The minimum absolute atomic E-state index is 0.0697. The zero-order valence-corrected chi connectivity index (χ0v) is 16.3. The van der Waals surface area contributed by atoms with Gasteiger partial charge in [-0.3, -0.25) is 14.4 Å².